The lowest BCUT2D eigenvalue weighted by Crippen LogP contribution is -1.96. The fourth-order valence-electron chi connectivity index (χ4n) is 1.37. The molecular formula is C11H17N. The summed E-state index contributed by atoms with van der Waals surface area (Å²) >= 11 is 0. The fraction of sp³-hybridized carbons (Fsp3) is 0.545. The molecule has 1 heterocycles. The summed E-state index contributed by atoms with van der Waals surface area (Å²) in [6.07, 6.45) is 3.33. The second kappa shape index (κ2) is 4.24. The molecule has 0 unspecified atom stereocenters. The molecule has 12 heavy (non-hydrogen) atoms. The summed E-state index contributed by atoms with van der Waals surface area (Å²) in [5.41, 5.74) is 3.80. The highest BCUT2D eigenvalue weighted by Crippen LogP contribution is 2.08. The molecule has 0 saturated carbocycles. The second-order valence-electron chi connectivity index (χ2n) is 3.17. The van der Waals surface area contributed by atoms with E-state index < -0.39 is 0 Å². The first-order valence-electron chi connectivity index (χ1n) is 4.73. The third kappa shape index (κ3) is 2.07. The molecule has 1 aromatic rings. The van der Waals surface area contributed by atoms with Crippen LogP contribution in [0, 0.1) is 6.92 Å². The number of nitrogens with zero attached hydrogens (tertiary/aromatic N) is 1. The van der Waals surface area contributed by atoms with E-state index in [-0.39, 0.29) is 0 Å². The Kier molecular flexibility index (Phi) is 3.27. The summed E-state index contributed by atoms with van der Waals surface area (Å²) in [5.74, 6) is 0. The lowest BCUT2D eigenvalue weighted by Gasteiger charge is -2.04. The van der Waals surface area contributed by atoms with Crippen molar-refractivity contribution in [2.24, 2.45) is 0 Å². The van der Waals surface area contributed by atoms with Gasteiger partial charge in [-0.05, 0) is 31.4 Å². The lowest BCUT2D eigenvalue weighted by molar-refractivity contribution is 0.856. The maximum atomic E-state index is 4.58. The molecule has 0 aliphatic carbocycles. The van der Waals surface area contributed by atoms with E-state index in [9.17, 15) is 0 Å². The van der Waals surface area contributed by atoms with Crippen LogP contribution in [0.5, 0.6) is 0 Å². The number of aryl methyl sites for hydroxylation is 3. The minimum absolute atomic E-state index is 1.05. The van der Waals surface area contributed by atoms with Crippen LogP contribution < -0.4 is 0 Å². The highest BCUT2D eigenvalue weighted by molar-refractivity contribution is 5.21. The third-order valence-electron chi connectivity index (χ3n) is 2.10. The maximum Gasteiger partial charge on any atom is 0.0433 e. The van der Waals surface area contributed by atoms with E-state index in [0.29, 0.717) is 0 Å². The van der Waals surface area contributed by atoms with E-state index in [1.54, 1.807) is 0 Å². The molecule has 0 aliphatic heterocycles. The molecule has 0 aromatic carbocycles. The Morgan fingerprint density at radius 2 is 2.00 bits per heavy atom. The van der Waals surface area contributed by atoms with Crippen LogP contribution in [0.2, 0.25) is 0 Å². The van der Waals surface area contributed by atoms with Gasteiger partial charge < -0.3 is 0 Å². The zero-order chi connectivity index (χ0) is 8.97. The Morgan fingerprint density at radius 3 is 2.58 bits per heavy atom. The Balaban J connectivity index is 2.89. The van der Waals surface area contributed by atoms with Crippen LogP contribution in [0.4, 0.5) is 0 Å². The largest absolute Gasteiger partial charge is 0.258 e. The van der Waals surface area contributed by atoms with Crippen LogP contribution in [0.3, 0.4) is 0 Å². The van der Waals surface area contributed by atoms with Crippen molar-refractivity contribution in [3.8, 4) is 0 Å². The van der Waals surface area contributed by atoms with E-state index in [1.165, 1.54) is 23.4 Å². The Labute approximate surface area is 74.8 Å². The third-order valence-corrected chi connectivity index (χ3v) is 2.10. The van der Waals surface area contributed by atoms with Crippen LogP contribution in [0.1, 0.15) is 37.2 Å². The summed E-state index contributed by atoms with van der Waals surface area (Å²) in [7, 11) is 0. The van der Waals surface area contributed by atoms with Crippen molar-refractivity contribution >= 4 is 0 Å². The van der Waals surface area contributed by atoms with Crippen LogP contribution in [0.25, 0.3) is 0 Å². The van der Waals surface area contributed by atoms with Gasteiger partial charge in [-0.1, -0.05) is 26.3 Å². The van der Waals surface area contributed by atoms with E-state index >= 15 is 0 Å². The quantitative estimate of drug-likeness (QED) is 0.667. The second-order valence-corrected chi connectivity index (χ2v) is 3.17. The van der Waals surface area contributed by atoms with Gasteiger partial charge in [0, 0.05) is 11.4 Å². The van der Waals surface area contributed by atoms with Gasteiger partial charge in [0.05, 0.1) is 0 Å². The Bertz CT molecular complexity index is 253. The topological polar surface area (TPSA) is 12.9 Å². The van der Waals surface area contributed by atoms with Crippen LogP contribution >= 0.6 is 0 Å². The van der Waals surface area contributed by atoms with Crippen LogP contribution in [0.15, 0.2) is 12.1 Å². The molecule has 0 N–H and O–H groups in total. The average Bonchev–Trinajstić information content (AvgIpc) is 2.09. The molecule has 0 fully saturated rings. The molecule has 66 valence electrons. The normalized spacial score (nSPS) is 10.2. The van der Waals surface area contributed by atoms with Gasteiger partial charge in [0.25, 0.3) is 0 Å². The van der Waals surface area contributed by atoms with Gasteiger partial charge in [0.15, 0.2) is 0 Å². The molecule has 0 atom stereocenters. The number of rotatable bonds is 3. The van der Waals surface area contributed by atoms with Crippen molar-refractivity contribution in [3.05, 3.63) is 29.1 Å². The van der Waals surface area contributed by atoms with Crippen molar-refractivity contribution in [3.63, 3.8) is 0 Å². The van der Waals surface area contributed by atoms with Gasteiger partial charge in [-0.15, -0.1) is 0 Å². The number of hydrogen-bond donors (Lipinski definition) is 0. The zero-order valence-corrected chi connectivity index (χ0v) is 8.22. The molecule has 0 bridgehead atoms. The fourth-order valence-corrected chi connectivity index (χ4v) is 1.37. The first kappa shape index (κ1) is 9.24. The standard InChI is InChI=1S/C11H17N/c1-4-6-10-8-7-9(3)11(5-2)12-10/h7-8H,4-6H2,1-3H3. The van der Waals surface area contributed by atoms with Crippen molar-refractivity contribution in [2.75, 3.05) is 0 Å². The molecule has 1 nitrogen and oxygen atoms in total. The van der Waals surface area contributed by atoms with E-state index in [1.807, 2.05) is 0 Å². The van der Waals surface area contributed by atoms with Gasteiger partial charge >= 0.3 is 0 Å². The monoisotopic (exact) mass is 163 g/mol. The van der Waals surface area contributed by atoms with Crippen molar-refractivity contribution < 1.29 is 0 Å². The van der Waals surface area contributed by atoms with Gasteiger partial charge in [-0.2, -0.15) is 0 Å². The van der Waals surface area contributed by atoms with Crippen molar-refractivity contribution in [2.45, 2.75) is 40.0 Å². The molecule has 0 radical (unpaired) electrons. The summed E-state index contributed by atoms with van der Waals surface area (Å²) in [4.78, 5) is 4.58. The first-order valence-corrected chi connectivity index (χ1v) is 4.73. The average molecular weight is 163 g/mol. The smallest absolute Gasteiger partial charge is 0.0433 e. The molecule has 1 rings (SSSR count). The van der Waals surface area contributed by atoms with E-state index in [4.69, 9.17) is 0 Å². The summed E-state index contributed by atoms with van der Waals surface area (Å²) in [6, 6.07) is 4.31. The number of pyridine rings is 1. The molecule has 0 spiro atoms. The highest BCUT2D eigenvalue weighted by atomic mass is 14.7. The zero-order valence-electron chi connectivity index (χ0n) is 8.22. The summed E-state index contributed by atoms with van der Waals surface area (Å²) in [6.45, 7) is 6.47. The van der Waals surface area contributed by atoms with Gasteiger partial charge in [0.1, 0.15) is 0 Å². The van der Waals surface area contributed by atoms with E-state index in [0.717, 1.165) is 12.8 Å². The minimum Gasteiger partial charge on any atom is -0.258 e. The van der Waals surface area contributed by atoms with Gasteiger partial charge in [-0.3, -0.25) is 4.98 Å². The predicted molar refractivity (Wildman–Crippen MR) is 52.3 cm³/mol. The van der Waals surface area contributed by atoms with Crippen molar-refractivity contribution in [1.29, 1.82) is 0 Å². The molecule has 0 saturated heterocycles. The van der Waals surface area contributed by atoms with Crippen LogP contribution in [-0.2, 0) is 12.8 Å². The number of aromatic nitrogens is 1. The minimum atomic E-state index is 1.05. The lowest BCUT2D eigenvalue weighted by atomic mass is 10.1. The Hall–Kier alpha value is -0.850. The molecule has 1 heteroatoms. The molecule has 0 aliphatic rings. The molecule has 1 aromatic heterocycles. The first-order chi connectivity index (χ1) is 5.77. The van der Waals surface area contributed by atoms with Gasteiger partial charge in [0.2, 0.25) is 0 Å². The highest BCUT2D eigenvalue weighted by Gasteiger charge is 1.98. The van der Waals surface area contributed by atoms with Crippen molar-refractivity contribution in [1.82, 2.24) is 4.98 Å². The SMILES string of the molecule is CCCc1ccc(C)c(CC)n1. The van der Waals surface area contributed by atoms with Crippen LogP contribution in [-0.4, -0.2) is 4.98 Å². The molecular weight excluding hydrogens is 146 g/mol. The predicted octanol–water partition coefficient (Wildman–Crippen LogP) is 2.90. The molecule has 0 amide bonds. The maximum absolute atomic E-state index is 4.58. The van der Waals surface area contributed by atoms with Gasteiger partial charge in [-0.25, -0.2) is 0 Å². The number of hydrogen-bond acceptors (Lipinski definition) is 1. The summed E-state index contributed by atoms with van der Waals surface area (Å²) in [5, 5.41) is 0. The van der Waals surface area contributed by atoms with E-state index in [2.05, 4.69) is 37.9 Å². The Morgan fingerprint density at radius 1 is 1.25 bits per heavy atom. The summed E-state index contributed by atoms with van der Waals surface area (Å²) < 4.78 is 0.